The van der Waals surface area contributed by atoms with E-state index in [-0.39, 0.29) is 22.9 Å². The van der Waals surface area contributed by atoms with Gasteiger partial charge in [0.2, 0.25) is 0 Å². The minimum atomic E-state index is -0.618. The van der Waals surface area contributed by atoms with Crippen molar-refractivity contribution in [2.75, 3.05) is 13.7 Å². The zero-order chi connectivity index (χ0) is 25.4. The summed E-state index contributed by atoms with van der Waals surface area (Å²) in [6, 6.07) is 15.4. The first-order valence-electron chi connectivity index (χ1n) is 11.7. The van der Waals surface area contributed by atoms with Gasteiger partial charge in [-0.05, 0) is 42.7 Å². The molecule has 0 saturated carbocycles. The number of hydrogen-bond donors (Lipinski definition) is 0. The van der Waals surface area contributed by atoms with Gasteiger partial charge in [0.15, 0.2) is 5.12 Å². The number of carbonyl (C=O) groups excluding carboxylic acids is 3. The Labute approximate surface area is 211 Å². The van der Waals surface area contributed by atoms with E-state index in [4.69, 9.17) is 14.2 Å². The quantitative estimate of drug-likeness (QED) is 0.467. The monoisotopic (exact) mass is 499 g/mol. The molecule has 7 nitrogen and oxygen atoms in total. The topological polar surface area (TPSA) is 82.1 Å². The van der Waals surface area contributed by atoms with Crippen LogP contribution in [0.3, 0.4) is 0 Å². The normalized spacial score (nSPS) is 18.0. The molecule has 0 spiro atoms. The molecule has 0 bridgehead atoms. The summed E-state index contributed by atoms with van der Waals surface area (Å²) in [5, 5.41) is -0.0595. The largest absolute Gasteiger partial charge is 0.497 e. The van der Waals surface area contributed by atoms with Gasteiger partial charge in [-0.15, -0.1) is 0 Å². The average molecular weight is 500 g/mol. The maximum atomic E-state index is 13.1. The lowest BCUT2D eigenvalue weighted by molar-refractivity contribution is -0.114. The van der Waals surface area contributed by atoms with E-state index < -0.39 is 24.2 Å². The number of nitrogens with zero attached hydrogens (tertiary/aromatic N) is 1. The second kappa shape index (κ2) is 12.1. The van der Waals surface area contributed by atoms with Crippen LogP contribution in [0.4, 0.5) is 4.79 Å². The molecule has 1 fully saturated rings. The van der Waals surface area contributed by atoms with Gasteiger partial charge in [-0.25, -0.2) is 9.59 Å². The Morgan fingerprint density at radius 3 is 2.34 bits per heavy atom. The minimum Gasteiger partial charge on any atom is -0.497 e. The molecule has 0 unspecified atom stereocenters. The van der Waals surface area contributed by atoms with E-state index in [0.717, 1.165) is 5.56 Å². The molecular formula is C27H33NO6S. The Balaban J connectivity index is 1.75. The van der Waals surface area contributed by atoms with Crippen LogP contribution < -0.4 is 4.74 Å². The molecule has 1 heterocycles. The first kappa shape index (κ1) is 26.6. The maximum Gasteiger partial charge on any atom is 0.410 e. The second-order valence-electron chi connectivity index (χ2n) is 9.41. The van der Waals surface area contributed by atoms with Gasteiger partial charge in [0.05, 0.1) is 18.7 Å². The number of ether oxygens (including phenoxy) is 3. The number of piperidine rings is 1. The van der Waals surface area contributed by atoms with E-state index in [0.29, 0.717) is 30.7 Å². The fourth-order valence-electron chi connectivity index (χ4n) is 3.92. The lowest BCUT2D eigenvalue weighted by Crippen LogP contribution is -2.53. The fourth-order valence-corrected chi connectivity index (χ4v) is 4.85. The maximum absolute atomic E-state index is 13.1. The third kappa shape index (κ3) is 8.02. The number of benzene rings is 2. The van der Waals surface area contributed by atoms with Crippen molar-refractivity contribution < 1.29 is 28.6 Å². The standard InChI is InChI=1S/C27H33NO6S/c1-27(2,3)35-24(29)17-22-23(34-25(30)20-12-14-21(32-4)15-13-20)11-8-16-28(22)26(31)33-18-19-9-6-5-7-10-19/h5-7,9-10,12-15,22-23H,8,11,16-18H2,1-4H3/t22-,23+/m0/s1. The lowest BCUT2D eigenvalue weighted by atomic mass is 9.96. The number of rotatable bonds is 7. The molecule has 1 saturated heterocycles. The predicted octanol–water partition coefficient (Wildman–Crippen LogP) is 5.47. The summed E-state index contributed by atoms with van der Waals surface area (Å²) < 4.78 is 16.3. The molecule has 8 heteroatoms. The summed E-state index contributed by atoms with van der Waals surface area (Å²) in [6.45, 7) is 6.45. The van der Waals surface area contributed by atoms with Crippen LogP contribution >= 0.6 is 11.8 Å². The zero-order valence-corrected chi connectivity index (χ0v) is 21.5. The van der Waals surface area contributed by atoms with Crippen molar-refractivity contribution in [2.45, 2.75) is 63.5 Å². The molecule has 0 N–H and O–H groups in total. The Bertz CT molecular complexity index is 1000. The first-order valence-corrected chi connectivity index (χ1v) is 12.5. The van der Waals surface area contributed by atoms with Gasteiger partial charge in [-0.1, -0.05) is 62.9 Å². The number of esters is 1. The summed E-state index contributed by atoms with van der Waals surface area (Å²) in [5.74, 6) is 0.132. The molecule has 3 rings (SSSR count). The Hall–Kier alpha value is -3.00. The average Bonchev–Trinajstić information content (AvgIpc) is 2.83. The molecular weight excluding hydrogens is 466 g/mol. The van der Waals surface area contributed by atoms with Crippen molar-refractivity contribution in [1.82, 2.24) is 4.90 Å². The van der Waals surface area contributed by atoms with Gasteiger partial charge < -0.3 is 19.1 Å². The highest BCUT2D eigenvalue weighted by atomic mass is 32.2. The van der Waals surface area contributed by atoms with E-state index in [1.165, 1.54) is 11.8 Å². The number of methoxy groups -OCH3 is 1. The van der Waals surface area contributed by atoms with Crippen molar-refractivity contribution in [3.05, 3.63) is 65.7 Å². The van der Waals surface area contributed by atoms with Crippen LogP contribution in [0.15, 0.2) is 54.6 Å². The van der Waals surface area contributed by atoms with E-state index in [9.17, 15) is 14.4 Å². The van der Waals surface area contributed by atoms with Crippen molar-refractivity contribution in [2.24, 2.45) is 0 Å². The first-order chi connectivity index (χ1) is 16.7. The number of thioether (sulfide) groups is 1. The number of hydrogen-bond acceptors (Lipinski definition) is 7. The van der Waals surface area contributed by atoms with Gasteiger partial charge in [0.25, 0.3) is 0 Å². The molecule has 2 aromatic carbocycles. The van der Waals surface area contributed by atoms with Crippen molar-refractivity contribution in [3.8, 4) is 5.75 Å². The Morgan fingerprint density at radius 2 is 1.71 bits per heavy atom. The highest BCUT2D eigenvalue weighted by Gasteiger charge is 2.39. The van der Waals surface area contributed by atoms with Gasteiger partial charge in [0.1, 0.15) is 18.5 Å². The molecule has 1 aliphatic rings. The number of likely N-dealkylation sites (tertiary alicyclic amines) is 1. The molecule has 188 valence electrons. The van der Waals surface area contributed by atoms with E-state index in [1.54, 1.807) is 36.3 Å². The van der Waals surface area contributed by atoms with Crippen LogP contribution in [0.1, 0.15) is 56.0 Å². The van der Waals surface area contributed by atoms with E-state index in [1.807, 2.05) is 51.1 Å². The van der Waals surface area contributed by atoms with Crippen LogP contribution in [0, 0.1) is 0 Å². The zero-order valence-electron chi connectivity index (χ0n) is 20.7. The van der Waals surface area contributed by atoms with Gasteiger partial charge in [-0.3, -0.25) is 4.79 Å². The number of amides is 1. The van der Waals surface area contributed by atoms with Gasteiger partial charge in [-0.2, -0.15) is 0 Å². The summed E-state index contributed by atoms with van der Waals surface area (Å²) >= 11 is 1.22. The molecule has 2 aromatic rings. The third-order valence-corrected chi connectivity index (χ3v) is 6.54. The van der Waals surface area contributed by atoms with Crippen molar-refractivity contribution >= 4 is 28.9 Å². The Morgan fingerprint density at radius 1 is 1.03 bits per heavy atom. The molecule has 1 aliphatic heterocycles. The third-order valence-electron chi connectivity index (χ3n) is 5.54. The highest BCUT2D eigenvalue weighted by Crippen LogP contribution is 2.31. The molecule has 0 aliphatic carbocycles. The molecule has 35 heavy (non-hydrogen) atoms. The smallest absolute Gasteiger partial charge is 0.410 e. The molecule has 0 aromatic heterocycles. The number of carbonyl (C=O) groups is 3. The summed E-state index contributed by atoms with van der Waals surface area (Å²) in [7, 11) is 1.55. The lowest BCUT2D eigenvalue weighted by Gasteiger charge is -2.40. The summed E-state index contributed by atoms with van der Waals surface area (Å²) in [5.41, 5.74) is 1.25. The molecule has 0 radical (unpaired) electrons. The fraction of sp³-hybridized carbons (Fsp3) is 0.444. The SMILES string of the molecule is COc1ccc(C(=O)O[C@@H]2CCCN(C(=O)OCc3ccccc3)[C@H]2CC(=O)SC(C)(C)C)cc1. The minimum absolute atomic E-state index is 0.0595. The van der Waals surface area contributed by atoms with Gasteiger partial charge >= 0.3 is 12.1 Å². The van der Waals surface area contributed by atoms with Crippen LogP contribution in [-0.4, -0.2) is 52.6 Å². The van der Waals surface area contributed by atoms with Gasteiger partial charge in [0, 0.05) is 17.7 Å². The second-order valence-corrected chi connectivity index (χ2v) is 11.3. The molecule has 1 amide bonds. The van der Waals surface area contributed by atoms with Crippen LogP contribution in [0.2, 0.25) is 0 Å². The predicted molar refractivity (Wildman–Crippen MR) is 136 cm³/mol. The highest BCUT2D eigenvalue weighted by molar-refractivity contribution is 8.14. The van der Waals surface area contributed by atoms with E-state index in [2.05, 4.69) is 0 Å². The summed E-state index contributed by atoms with van der Waals surface area (Å²) in [4.78, 5) is 40.3. The van der Waals surface area contributed by atoms with Crippen molar-refractivity contribution in [1.29, 1.82) is 0 Å². The van der Waals surface area contributed by atoms with Crippen LogP contribution in [0.25, 0.3) is 0 Å². The van der Waals surface area contributed by atoms with Crippen LogP contribution in [0.5, 0.6) is 5.75 Å². The molecule has 2 atom stereocenters. The summed E-state index contributed by atoms with van der Waals surface area (Å²) in [6.07, 6.45) is 0.133. The van der Waals surface area contributed by atoms with E-state index >= 15 is 0 Å². The van der Waals surface area contributed by atoms with Crippen LogP contribution in [-0.2, 0) is 20.9 Å². The van der Waals surface area contributed by atoms with Crippen molar-refractivity contribution in [3.63, 3.8) is 0 Å². The Kier molecular flexibility index (Phi) is 9.20.